The highest BCUT2D eigenvalue weighted by atomic mass is 16.3. The van der Waals surface area contributed by atoms with Gasteiger partial charge in [0.15, 0.2) is 0 Å². The summed E-state index contributed by atoms with van der Waals surface area (Å²) in [6.07, 6.45) is 2.55. The Labute approximate surface area is 106 Å². The molecule has 1 unspecified atom stereocenters. The number of likely N-dealkylation sites (N-methyl/N-ethyl adjacent to an activating group) is 1. The van der Waals surface area contributed by atoms with E-state index < -0.39 is 5.60 Å². The van der Waals surface area contributed by atoms with Crippen LogP contribution in [0.1, 0.15) is 19.8 Å². The van der Waals surface area contributed by atoms with Crippen LogP contribution in [-0.4, -0.2) is 74.4 Å². The van der Waals surface area contributed by atoms with Gasteiger partial charge in [0.05, 0.1) is 5.60 Å². The van der Waals surface area contributed by atoms with Crippen LogP contribution in [0.3, 0.4) is 0 Å². The van der Waals surface area contributed by atoms with E-state index in [0.717, 1.165) is 12.5 Å². The number of hydrogen-bond acceptors (Lipinski definition) is 4. The maximum Gasteiger partial charge on any atom is 0.0869 e. The first-order valence-corrected chi connectivity index (χ1v) is 6.65. The van der Waals surface area contributed by atoms with Gasteiger partial charge in [0, 0.05) is 13.1 Å². The summed E-state index contributed by atoms with van der Waals surface area (Å²) in [5.41, 5.74) is -0.630. The summed E-state index contributed by atoms with van der Waals surface area (Å²) in [7, 11) is 6.17. The summed E-state index contributed by atoms with van der Waals surface area (Å²) in [4.78, 5) is 4.41. The minimum atomic E-state index is -0.630. The van der Waals surface area contributed by atoms with Gasteiger partial charge in [-0.2, -0.15) is 0 Å². The molecule has 0 amide bonds. The quantitative estimate of drug-likeness (QED) is 0.700. The van der Waals surface area contributed by atoms with E-state index in [-0.39, 0.29) is 0 Å². The second-order valence-corrected chi connectivity index (χ2v) is 6.11. The molecule has 17 heavy (non-hydrogen) atoms. The van der Waals surface area contributed by atoms with E-state index in [4.69, 9.17) is 0 Å². The number of rotatable bonds is 6. The normalized spacial score (nSPS) is 22.9. The zero-order chi connectivity index (χ0) is 12.9. The Morgan fingerprint density at radius 1 is 1.35 bits per heavy atom. The van der Waals surface area contributed by atoms with E-state index in [0.29, 0.717) is 13.1 Å². The van der Waals surface area contributed by atoms with E-state index in [1.807, 2.05) is 25.9 Å². The number of aliphatic hydroxyl groups is 1. The highest BCUT2D eigenvalue weighted by Crippen LogP contribution is 2.15. The van der Waals surface area contributed by atoms with Crippen molar-refractivity contribution in [3.05, 3.63) is 0 Å². The molecule has 1 rings (SSSR count). The second kappa shape index (κ2) is 6.69. The van der Waals surface area contributed by atoms with E-state index in [2.05, 4.69) is 17.3 Å². The van der Waals surface area contributed by atoms with Gasteiger partial charge < -0.3 is 20.2 Å². The first-order valence-electron chi connectivity index (χ1n) is 6.65. The number of piperidine rings is 1. The van der Waals surface area contributed by atoms with Gasteiger partial charge in [0.1, 0.15) is 0 Å². The maximum absolute atomic E-state index is 10.1. The van der Waals surface area contributed by atoms with Crippen molar-refractivity contribution >= 4 is 0 Å². The molecule has 4 heteroatoms. The summed E-state index contributed by atoms with van der Waals surface area (Å²) in [5.74, 6) is 0.779. The highest BCUT2D eigenvalue weighted by Gasteiger charge is 2.22. The lowest BCUT2D eigenvalue weighted by atomic mass is 9.97. The summed E-state index contributed by atoms with van der Waals surface area (Å²) in [6, 6.07) is 0. The summed E-state index contributed by atoms with van der Waals surface area (Å²) in [6.45, 7) is 6.73. The van der Waals surface area contributed by atoms with Crippen molar-refractivity contribution in [2.75, 3.05) is 53.9 Å². The molecule has 0 saturated carbocycles. The van der Waals surface area contributed by atoms with E-state index in [1.54, 1.807) is 0 Å². The molecule has 1 saturated heterocycles. The monoisotopic (exact) mass is 243 g/mol. The van der Waals surface area contributed by atoms with Gasteiger partial charge in [-0.25, -0.2) is 0 Å². The predicted octanol–water partition coefficient (Wildman–Crippen LogP) is 0.230. The minimum Gasteiger partial charge on any atom is -0.388 e. The molecule has 0 aliphatic carbocycles. The first kappa shape index (κ1) is 14.9. The number of nitrogens with one attached hydrogen (secondary N) is 1. The maximum atomic E-state index is 10.1. The van der Waals surface area contributed by atoms with Crippen LogP contribution in [0.15, 0.2) is 0 Å². The average Bonchev–Trinajstić information content (AvgIpc) is 2.18. The van der Waals surface area contributed by atoms with Crippen LogP contribution in [0, 0.1) is 5.92 Å². The Morgan fingerprint density at radius 3 is 2.47 bits per heavy atom. The fourth-order valence-electron chi connectivity index (χ4n) is 2.55. The zero-order valence-electron chi connectivity index (χ0n) is 11.9. The molecule has 0 bridgehead atoms. The number of nitrogens with zero attached hydrogens (tertiary/aromatic N) is 2. The third-order valence-corrected chi connectivity index (χ3v) is 3.43. The fourth-order valence-corrected chi connectivity index (χ4v) is 2.55. The van der Waals surface area contributed by atoms with Crippen molar-refractivity contribution in [1.82, 2.24) is 15.1 Å². The summed E-state index contributed by atoms with van der Waals surface area (Å²) in [5, 5.41) is 13.6. The van der Waals surface area contributed by atoms with Crippen LogP contribution in [0.25, 0.3) is 0 Å². The van der Waals surface area contributed by atoms with Crippen molar-refractivity contribution in [3.63, 3.8) is 0 Å². The van der Waals surface area contributed by atoms with E-state index >= 15 is 0 Å². The fraction of sp³-hybridized carbons (Fsp3) is 1.00. The molecule has 1 heterocycles. The van der Waals surface area contributed by atoms with Crippen molar-refractivity contribution in [3.8, 4) is 0 Å². The molecule has 1 aliphatic heterocycles. The molecule has 1 fully saturated rings. The molecule has 0 radical (unpaired) electrons. The molecule has 4 nitrogen and oxygen atoms in total. The Hall–Kier alpha value is -0.160. The largest absolute Gasteiger partial charge is 0.388 e. The van der Waals surface area contributed by atoms with Crippen molar-refractivity contribution in [2.24, 2.45) is 5.92 Å². The lowest BCUT2D eigenvalue weighted by Crippen LogP contribution is -2.47. The SMILES string of the molecule is CN(C)CC(C)(O)CNCC1CCN(C)CC1. The van der Waals surface area contributed by atoms with Gasteiger partial charge in [-0.1, -0.05) is 0 Å². The van der Waals surface area contributed by atoms with E-state index in [1.165, 1.54) is 25.9 Å². The van der Waals surface area contributed by atoms with Gasteiger partial charge in [-0.05, 0) is 66.5 Å². The van der Waals surface area contributed by atoms with Crippen LogP contribution in [-0.2, 0) is 0 Å². The van der Waals surface area contributed by atoms with Gasteiger partial charge in [-0.3, -0.25) is 0 Å². The van der Waals surface area contributed by atoms with Crippen molar-refractivity contribution in [2.45, 2.75) is 25.4 Å². The van der Waals surface area contributed by atoms with Crippen LogP contribution < -0.4 is 5.32 Å². The summed E-state index contributed by atoms with van der Waals surface area (Å²) < 4.78 is 0. The minimum absolute atomic E-state index is 0.630. The van der Waals surface area contributed by atoms with Crippen molar-refractivity contribution in [1.29, 1.82) is 0 Å². The first-order chi connectivity index (χ1) is 7.89. The summed E-state index contributed by atoms with van der Waals surface area (Å²) >= 11 is 0. The molecule has 0 aromatic carbocycles. The van der Waals surface area contributed by atoms with Gasteiger partial charge >= 0.3 is 0 Å². The van der Waals surface area contributed by atoms with Crippen LogP contribution in [0.2, 0.25) is 0 Å². The van der Waals surface area contributed by atoms with Gasteiger partial charge in [0.25, 0.3) is 0 Å². The van der Waals surface area contributed by atoms with E-state index in [9.17, 15) is 5.11 Å². The van der Waals surface area contributed by atoms with Gasteiger partial charge in [0.2, 0.25) is 0 Å². The number of hydrogen-bond donors (Lipinski definition) is 2. The van der Waals surface area contributed by atoms with Gasteiger partial charge in [-0.15, -0.1) is 0 Å². The third kappa shape index (κ3) is 6.36. The second-order valence-electron chi connectivity index (χ2n) is 6.11. The molecule has 0 aromatic rings. The molecule has 1 atom stereocenters. The molecule has 0 spiro atoms. The number of likely N-dealkylation sites (tertiary alicyclic amines) is 1. The molecule has 0 aromatic heterocycles. The predicted molar refractivity (Wildman–Crippen MR) is 72.3 cm³/mol. The van der Waals surface area contributed by atoms with Crippen molar-refractivity contribution < 1.29 is 5.11 Å². The molecule has 102 valence electrons. The third-order valence-electron chi connectivity index (χ3n) is 3.43. The molecular formula is C13H29N3O. The Balaban J connectivity index is 2.14. The average molecular weight is 243 g/mol. The van der Waals surface area contributed by atoms with Crippen LogP contribution in [0.4, 0.5) is 0 Å². The topological polar surface area (TPSA) is 38.7 Å². The Kier molecular flexibility index (Phi) is 5.86. The smallest absolute Gasteiger partial charge is 0.0869 e. The highest BCUT2D eigenvalue weighted by molar-refractivity contribution is 4.79. The lowest BCUT2D eigenvalue weighted by molar-refractivity contribution is 0.0324. The lowest BCUT2D eigenvalue weighted by Gasteiger charge is -2.31. The van der Waals surface area contributed by atoms with Crippen LogP contribution in [0.5, 0.6) is 0 Å². The standard InChI is InChI=1S/C13H29N3O/c1-13(17,11-15(2)3)10-14-9-12-5-7-16(4)8-6-12/h12,14,17H,5-11H2,1-4H3. The zero-order valence-corrected chi connectivity index (χ0v) is 11.9. The Bertz CT molecular complexity index is 211. The molecule has 2 N–H and O–H groups in total. The molecular weight excluding hydrogens is 214 g/mol. The Morgan fingerprint density at radius 2 is 1.94 bits per heavy atom. The molecule has 1 aliphatic rings. The van der Waals surface area contributed by atoms with Crippen LogP contribution >= 0.6 is 0 Å².